The second-order valence-electron chi connectivity index (χ2n) is 5.66. The molecule has 21 heavy (non-hydrogen) atoms. The van der Waals surface area contributed by atoms with Crippen molar-refractivity contribution in [1.82, 2.24) is 0 Å². The molecule has 0 saturated heterocycles. The van der Waals surface area contributed by atoms with Gasteiger partial charge in [0.1, 0.15) is 0 Å². The molecule has 0 bridgehead atoms. The van der Waals surface area contributed by atoms with Crippen LogP contribution in [0.25, 0.3) is 0 Å². The highest BCUT2D eigenvalue weighted by Crippen LogP contribution is 2.25. The second-order valence-corrected chi connectivity index (χ2v) is 7.43. The van der Waals surface area contributed by atoms with E-state index in [0.29, 0.717) is 11.3 Å². The van der Waals surface area contributed by atoms with Crippen LogP contribution in [0.15, 0.2) is 24.3 Å². The normalized spacial score (nSPS) is 16.6. The minimum Gasteiger partial charge on any atom is -0.481 e. The standard InChI is InChI=1S/C15H21NO4S/c17-15(18)10-13-7-4-8-14(9-13)16-21(19,20)11-12-5-2-1-3-6-12/h4,7-9,12,16H,1-3,5-6,10-11H2,(H,17,18). The lowest BCUT2D eigenvalue weighted by molar-refractivity contribution is -0.136. The number of sulfonamides is 1. The van der Waals surface area contributed by atoms with E-state index >= 15 is 0 Å². The van der Waals surface area contributed by atoms with Crippen LogP contribution in [-0.4, -0.2) is 25.2 Å². The van der Waals surface area contributed by atoms with Crippen LogP contribution in [-0.2, 0) is 21.2 Å². The van der Waals surface area contributed by atoms with Gasteiger partial charge in [0.25, 0.3) is 0 Å². The van der Waals surface area contributed by atoms with Crippen LogP contribution in [0.2, 0.25) is 0 Å². The molecule has 0 spiro atoms. The van der Waals surface area contributed by atoms with Crippen molar-refractivity contribution in [2.75, 3.05) is 10.5 Å². The van der Waals surface area contributed by atoms with E-state index in [4.69, 9.17) is 5.11 Å². The zero-order valence-corrected chi connectivity index (χ0v) is 12.7. The van der Waals surface area contributed by atoms with E-state index in [1.165, 1.54) is 6.42 Å². The van der Waals surface area contributed by atoms with E-state index < -0.39 is 16.0 Å². The third kappa shape index (κ3) is 5.38. The highest BCUT2D eigenvalue weighted by molar-refractivity contribution is 7.92. The highest BCUT2D eigenvalue weighted by atomic mass is 32.2. The molecule has 1 aromatic carbocycles. The van der Waals surface area contributed by atoms with Crippen molar-refractivity contribution in [2.24, 2.45) is 5.92 Å². The number of aliphatic carboxylic acids is 1. The Labute approximate surface area is 125 Å². The quantitative estimate of drug-likeness (QED) is 0.846. The van der Waals surface area contributed by atoms with Crippen LogP contribution < -0.4 is 4.72 Å². The summed E-state index contributed by atoms with van der Waals surface area (Å²) in [5.41, 5.74) is 1.02. The van der Waals surface area contributed by atoms with Gasteiger partial charge >= 0.3 is 5.97 Å². The number of benzene rings is 1. The smallest absolute Gasteiger partial charge is 0.307 e. The molecule has 0 atom stereocenters. The molecule has 116 valence electrons. The molecule has 1 aromatic rings. The predicted molar refractivity (Wildman–Crippen MR) is 81.8 cm³/mol. The molecule has 0 heterocycles. The van der Waals surface area contributed by atoms with Gasteiger partial charge in [-0.05, 0) is 36.5 Å². The van der Waals surface area contributed by atoms with Crippen LogP contribution in [0.4, 0.5) is 5.69 Å². The number of nitrogens with one attached hydrogen (secondary N) is 1. The van der Waals surface area contributed by atoms with E-state index in [1.54, 1.807) is 24.3 Å². The monoisotopic (exact) mass is 311 g/mol. The molecule has 0 aliphatic heterocycles. The molecule has 2 rings (SSSR count). The summed E-state index contributed by atoms with van der Waals surface area (Å²) < 4.78 is 26.9. The van der Waals surface area contributed by atoms with Crippen LogP contribution in [0.5, 0.6) is 0 Å². The topological polar surface area (TPSA) is 83.5 Å². The molecule has 0 radical (unpaired) electrons. The first kappa shape index (κ1) is 15.8. The highest BCUT2D eigenvalue weighted by Gasteiger charge is 2.21. The van der Waals surface area contributed by atoms with Gasteiger partial charge in [-0.15, -0.1) is 0 Å². The summed E-state index contributed by atoms with van der Waals surface area (Å²) in [6, 6.07) is 6.56. The largest absolute Gasteiger partial charge is 0.481 e. The average molecular weight is 311 g/mol. The van der Waals surface area contributed by atoms with Crippen molar-refractivity contribution in [2.45, 2.75) is 38.5 Å². The van der Waals surface area contributed by atoms with Crippen molar-refractivity contribution in [3.63, 3.8) is 0 Å². The third-order valence-corrected chi connectivity index (χ3v) is 5.19. The van der Waals surface area contributed by atoms with Gasteiger partial charge in [0, 0.05) is 5.69 Å². The third-order valence-electron chi connectivity index (χ3n) is 3.74. The van der Waals surface area contributed by atoms with Gasteiger partial charge in [0.2, 0.25) is 10.0 Å². The lowest BCUT2D eigenvalue weighted by atomic mass is 9.91. The summed E-state index contributed by atoms with van der Waals surface area (Å²) in [6.07, 6.45) is 5.24. The van der Waals surface area contributed by atoms with E-state index in [2.05, 4.69) is 4.72 Å². The van der Waals surface area contributed by atoms with Gasteiger partial charge in [0.15, 0.2) is 0 Å². The fraction of sp³-hybridized carbons (Fsp3) is 0.533. The van der Waals surface area contributed by atoms with Gasteiger partial charge in [-0.2, -0.15) is 0 Å². The number of hydrogen-bond acceptors (Lipinski definition) is 3. The minimum atomic E-state index is -3.38. The maximum Gasteiger partial charge on any atom is 0.307 e. The molecule has 0 amide bonds. The molecule has 1 aliphatic carbocycles. The Hall–Kier alpha value is -1.56. The van der Waals surface area contributed by atoms with Gasteiger partial charge < -0.3 is 5.11 Å². The van der Waals surface area contributed by atoms with E-state index in [1.807, 2.05) is 0 Å². The predicted octanol–water partition coefficient (Wildman–Crippen LogP) is 2.64. The van der Waals surface area contributed by atoms with Crippen molar-refractivity contribution < 1.29 is 18.3 Å². The molecular formula is C15H21NO4S. The molecule has 0 unspecified atom stereocenters. The SMILES string of the molecule is O=C(O)Cc1cccc(NS(=O)(=O)CC2CCCCC2)c1. The Morgan fingerprint density at radius 3 is 2.62 bits per heavy atom. The maximum absolute atomic E-state index is 12.2. The lowest BCUT2D eigenvalue weighted by Gasteiger charge is -2.21. The van der Waals surface area contributed by atoms with Crippen molar-refractivity contribution >= 4 is 21.7 Å². The van der Waals surface area contributed by atoms with Crippen LogP contribution in [0, 0.1) is 5.92 Å². The van der Waals surface area contributed by atoms with Crippen LogP contribution in [0.3, 0.4) is 0 Å². The molecular weight excluding hydrogens is 290 g/mol. The van der Waals surface area contributed by atoms with Gasteiger partial charge in [-0.3, -0.25) is 9.52 Å². The first-order valence-corrected chi connectivity index (χ1v) is 8.91. The first-order valence-electron chi connectivity index (χ1n) is 7.26. The summed E-state index contributed by atoms with van der Waals surface area (Å²) in [5.74, 6) is -0.549. The Morgan fingerprint density at radius 2 is 1.95 bits per heavy atom. The molecule has 1 saturated carbocycles. The van der Waals surface area contributed by atoms with Crippen molar-refractivity contribution in [3.8, 4) is 0 Å². The zero-order chi connectivity index (χ0) is 15.3. The Kier molecular flexibility index (Phi) is 5.22. The molecule has 1 fully saturated rings. The van der Waals surface area contributed by atoms with Gasteiger partial charge in [-0.1, -0.05) is 31.4 Å². The lowest BCUT2D eigenvalue weighted by Crippen LogP contribution is -2.24. The molecule has 0 aromatic heterocycles. The number of hydrogen-bond donors (Lipinski definition) is 2. The summed E-state index contributed by atoms with van der Waals surface area (Å²) in [5, 5.41) is 8.77. The average Bonchev–Trinajstić information content (AvgIpc) is 2.38. The summed E-state index contributed by atoms with van der Waals surface area (Å²) in [4.78, 5) is 10.7. The van der Waals surface area contributed by atoms with Gasteiger partial charge in [0.05, 0.1) is 12.2 Å². The number of carbonyl (C=O) groups is 1. The second kappa shape index (κ2) is 6.93. The molecule has 2 N–H and O–H groups in total. The van der Waals surface area contributed by atoms with Crippen molar-refractivity contribution in [1.29, 1.82) is 0 Å². The minimum absolute atomic E-state index is 0.113. The Morgan fingerprint density at radius 1 is 1.24 bits per heavy atom. The summed E-state index contributed by atoms with van der Waals surface area (Å²) in [6.45, 7) is 0. The fourth-order valence-corrected chi connectivity index (χ4v) is 4.33. The number of anilines is 1. The maximum atomic E-state index is 12.2. The van der Waals surface area contributed by atoms with E-state index in [9.17, 15) is 13.2 Å². The van der Waals surface area contributed by atoms with Crippen LogP contribution in [0.1, 0.15) is 37.7 Å². The fourth-order valence-electron chi connectivity index (χ4n) is 2.80. The zero-order valence-electron chi connectivity index (χ0n) is 11.9. The number of rotatable bonds is 6. The van der Waals surface area contributed by atoms with Gasteiger partial charge in [-0.25, -0.2) is 8.42 Å². The first-order chi connectivity index (χ1) is 9.94. The Bertz CT molecular complexity index is 591. The summed E-state index contributed by atoms with van der Waals surface area (Å²) >= 11 is 0. The number of carboxylic acids is 1. The Balaban J connectivity index is 2.00. The molecule has 5 nitrogen and oxygen atoms in total. The van der Waals surface area contributed by atoms with Crippen LogP contribution >= 0.6 is 0 Å². The van der Waals surface area contributed by atoms with Crippen molar-refractivity contribution in [3.05, 3.63) is 29.8 Å². The summed E-state index contributed by atoms with van der Waals surface area (Å²) in [7, 11) is -3.38. The molecule has 1 aliphatic rings. The number of carboxylic acid groups (broad SMARTS) is 1. The van der Waals surface area contributed by atoms with E-state index in [-0.39, 0.29) is 18.1 Å². The van der Waals surface area contributed by atoms with E-state index in [0.717, 1.165) is 25.7 Å². The molecule has 6 heteroatoms.